The van der Waals surface area contributed by atoms with E-state index < -0.39 is 18.5 Å². The van der Waals surface area contributed by atoms with Crippen molar-refractivity contribution >= 4 is 52.4 Å². The molecule has 0 bridgehead atoms. The van der Waals surface area contributed by atoms with Gasteiger partial charge in [0.05, 0.1) is 23.1 Å². The fraction of sp³-hybridized carbons (Fsp3) is 0.194. The van der Waals surface area contributed by atoms with Gasteiger partial charge in [0.1, 0.15) is 0 Å². The van der Waals surface area contributed by atoms with E-state index >= 15 is 0 Å². The van der Waals surface area contributed by atoms with Crippen LogP contribution in [-0.2, 0) is 14.3 Å². The summed E-state index contributed by atoms with van der Waals surface area (Å²) in [5.41, 5.74) is 2.94. The highest BCUT2D eigenvalue weighted by atomic mass is 35.5. The minimum atomic E-state index is -0.674. The number of ketones is 1. The Kier molecular flexibility index (Phi) is 7.62. The third kappa shape index (κ3) is 5.58. The summed E-state index contributed by atoms with van der Waals surface area (Å²) in [6.45, 7) is 1.55. The Morgan fingerprint density at radius 1 is 0.850 bits per heavy atom. The van der Waals surface area contributed by atoms with Crippen LogP contribution in [0, 0.1) is 11.8 Å². The van der Waals surface area contributed by atoms with E-state index in [2.05, 4.69) is 5.32 Å². The number of carbonyl (C=O) groups is 5. The lowest BCUT2D eigenvalue weighted by Crippen LogP contribution is -2.30. The molecule has 3 aromatic rings. The lowest BCUT2D eigenvalue weighted by molar-refractivity contribution is -0.122. The van der Waals surface area contributed by atoms with Gasteiger partial charge in [-0.05, 0) is 92.6 Å². The maximum absolute atomic E-state index is 12.9. The number of carbonyl (C=O) groups excluding carboxylic acids is 5. The number of hydrogen-bond acceptors (Lipinski definition) is 6. The minimum absolute atomic E-state index is 0.201. The lowest BCUT2D eigenvalue weighted by atomic mass is 9.82. The summed E-state index contributed by atoms with van der Waals surface area (Å²) in [5.74, 6) is -2.50. The molecule has 1 N–H and O–H groups in total. The van der Waals surface area contributed by atoms with Crippen LogP contribution in [0.1, 0.15) is 50.8 Å². The third-order valence-corrected chi connectivity index (χ3v) is 7.34. The van der Waals surface area contributed by atoms with E-state index in [4.69, 9.17) is 16.3 Å². The number of esters is 1. The van der Waals surface area contributed by atoms with E-state index in [1.165, 1.54) is 17.0 Å². The Hall–Kier alpha value is -4.56. The molecule has 0 aromatic heterocycles. The van der Waals surface area contributed by atoms with Crippen molar-refractivity contribution in [2.24, 2.45) is 11.8 Å². The number of benzene rings is 3. The number of amides is 3. The van der Waals surface area contributed by atoms with Crippen LogP contribution in [0.15, 0.2) is 84.4 Å². The van der Waals surface area contributed by atoms with Crippen LogP contribution in [0.2, 0.25) is 5.02 Å². The van der Waals surface area contributed by atoms with E-state index in [0.29, 0.717) is 40.4 Å². The summed E-state index contributed by atoms with van der Waals surface area (Å²) < 4.78 is 5.11. The predicted molar refractivity (Wildman–Crippen MR) is 149 cm³/mol. The van der Waals surface area contributed by atoms with Crippen molar-refractivity contribution in [1.29, 1.82) is 0 Å². The Balaban J connectivity index is 1.16. The van der Waals surface area contributed by atoms with Gasteiger partial charge in [-0.25, -0.2) is 4.79 Å². The first-order chi connectivity index (χ1) is 19.2. The molecule has 40 heavy (non-hydrogen) atoms. The minimum Gasteiger partial charge on any atom is -0.454 e. The number of rotatable bonds is 7. The summed E-state index contributed by atoms with van der Waals surface area (Å²) in [7, 11) is 0. The maximum Gasteiger partial charge on any atom is 0.338 e. The summed E-state index contributed by atoms with van der Waals surface area (Å²) in [6.07, 6.45) is 3.17. The summed E-state index contributed by atoms with van der Waals surface area (Å²) in [6, 6.07) is 18.6. The largest absolute Gasteiger partial charge is 0.454 e. The van der Waals surface area contributed by atoms with Crippen molar-refractivity contribution in [3.8, 4) is 0 Å². The lowest BCUT2D eigenvalue weighted by Gasteiger charge is -2.18. The molecular formula is C31H25ClN2O6. The molecule has 202 valence electrons. The molecule has 0 saturated carbocycles. The Morgan fingerprint density at radius 2 is 1.45 bits per heavy atom. The van der Waals surface area contributed by atoms with Crippen LogP contribution in [0.5, 0.6) is 0 Å². The first-order valence-electron chi connectivity index (χ1n) is 12.7. The van der Waals surface area contributed by atoms with E-state index in [9.17, 15) is 24.0 Å². The predicted octanol–water partition coefficient (Wildman–Crippen LogP) is 5.48. The number of halogens is 1. The van der Waals surface area contributed by atoms with E-state index in [1.54, 1.807) is 60.7 Å². The molecule has 0 spiro atoms. The Labute approximate surface area is 235 Å². The first-order valence-corrected chi connectivity index (χ1v) is 13.1. The van der Waals surface area contributed by atoms with Gasteiger partial charge in [0, 0.05) is 21.8 Å². The number of nitrogens with zero attached hydrogens (tertiary/aromatic N) is 1. The number of nitrogens with one attached hydrogen (secondary N) is 1. The topological polar surface area (TPSA) is 110 Å². The van der Waals surface area contributed by atoms with Gasteiger partial charge < -0.3 is 10.1 Å². The van der Waals surface area contributed by atoms with E-state index in [1.807, 2.05) is 13.0 Å². The van der Waals surface area contributed by atoms with Crippen molar-refractivity contribution in [2.75, 3.05) is 16.8 Å². The van der Waals surface area contributed by atoms with Gasteiger partial charge in [-0.1, -0.05) is 23.3 Å². The average Bonchev–Trinajstić information content (AvgIpc) is 3.20. The summed E-state index contributed by atoms with van der Waals surface area (Å²) in [4.78, 5) is 64.3. The Bertz CT molecular complexity index is 1530. The normalized spacial score (nSPS) is 18.1. The molecule has 1 aliphatic heterocycles. The van der Waals surface area contributed by atoms with Crippen molar-refractivity contribution in [1.82, 2.24) is 0 Å². The fourth-order valence-electron chi connectivity index (χ4n) is 4.88. The van der Waals surface area contributed by atoms with Gasteiger partial charge in [0.15, 0.2) is 12.4 Å². The van der Waals surface area contributed by atoms with Crippen molar-refractivity contribution < 1.29 is 28.7 Å². The number of fused-ring (bicyclic) bond motifs is 1. The molecule has 0 radical (unpaired) electrons. The van der Waals surface area contributed by atoms with Crippen molar-refractivity contribution in [3.63, 3.8) is 0 Å². The zero-order valence-corrected chi connectivity index (χ0v) is 22.3. The van der Waals surface area contributed by atoms with Crippen LogP contribution in [0.25, 0.3) is 0 Å². The zero-order chi connectivity index (χ0) is 28.4. The molecule has 3 amide bonds. The number of anilines is 2. The third-order valence-electron chi connectivity index (χ3n) is 7.09. The molecule has 1 fully saturated rings. The van der Waals surface area contributed by atoms with Crippen LogP contribution < -0.4 is 10.2 Å². The highest BCUT2D eigenvalue weighted by Gasteiger charge is 2.48. The smallest absolute Gasteiger partial charge is 0.338 e. The molecule has 5 rings (SSSR count). The van der Waals surface area contributed by atoms with Gasteiger partial charge in [0.25, 0.3) is 5.91 Å². The molecule has 2 aliphatic rings. The van der Waals surface area contributed by atoms with E-state index in [0.717, 1.165) is 5.57 Å². The molecule has 1 aliphatic carbocycles. The Morgan fingerprint density at radius 3 is 2.12 bits per heavy atom. The quantitative estimate of drug-likeness (QED) is 0.179. The average molecular weight is 557 g/mol. The summed E-state index contributed by atoms with van der Waals surface area (Å²) in [5, 5.41) is 3.24. The van der Waals surface area contributed by atoms with Gasteiger partial charge in [-0.15, -0.1) is 0 Å². The monoisotopic (exact) mass is 556 g/mol. The number of Topliss-reactive ketones (excluding diaryl/α,β-unsaturated/α-hetero) is 1. The second kappa shape index (κ2) is 11.3. The zero-order valence-electron chi connectivity index (χ0n) is 21.6. The maximum atomic E-state index is 12.9. The van der Waals surface area contributed by atoms with Crippen LogP contribution in [-0.4, -0.2) is 36.1 Å². The van der Waals surface area contributed by atoms with E-state index in [-0.39, 0.29) is 35.0 Å². The van der Waals surface area contributed by atoms with Crippen LogP contribution in [0.4, 0.5) is 11.4 Å². The first kappa shape index (κ1) is 27.0. The van der Waals surface area contributed by atoms with Crippen molar-refractivity contribution in [3.05, 3.63) is 106 Å². The second-order valence-corrected chi connectivity index (χ2v) is 10.2. The fourth-order valence-corrected chi connectivity index (χ4v) is 5.01. The highest BCUT2D eigenvalue weighted by molar-refractivity contribution is 6.30. The molecule has 8 nitrogen and oxygen atoms in total. The second-order valence-electron chi connectivity index (χ2n) is 9.80. The molecule has 0 unspecified atom stereocenters. The molecule has 3 aromatic carbocycles. The standard InChI is InChI=1S/C31H25ClN2O6/c1-18-2-15-25-26(16-18)30(38)34(29(25)37)24-13-7-20(8-14-24)28(36)33-23-11-5-21(6-12-23)31(39)40-17-27(35)19-3-9-22(32)10-4-19/h2-14,25-26H,15-17H2,1H3,(H,33,36)/t25-,26+/m1/s1. The summed E-state index contributed by atoms with van der Waals surface area (Å²) >= 11 is 5.82. The number of imide groups is 1. The SMILES string of the molecule is CC1=CC[C@H]2C(=O)N(c3ccc(C(=O)Nc4ccc(C(=O)OCC(=O)c5ccc(Cl)cc5)cc4)cc3)C(=O)[C@H]2C1. The number of allylic oxidation sites excluding steroid dienone is 2. The van der Waals surface area contributed by atoms with Gasteiger partial charge in [-0.3, -0.25) is 24.1 Å². The van der Waals surface area contributed by atoms with Crippen LogP contribution in [0.3, 0.4) is 0 Å². The molecule has 9 heteroatoms. The molecule has 1 saturated heterocycles. The molecule has 2 atom stereocenters. The van der Waals surface area contributed by atoms with Gasteiger partial charge >= 0.3 is 5.97 Å². The van der Waals surface area contributed by atoms with Gasteiger partial charge in [-0.2, -0.15) is 0 Å². The molecule has 1 heterocycles. The number of hydrogen-bond donors (Lipinski definition) is 1. The van der Waals surface area contributed by atoms with Crippen LogP contribution >= 0.6 is 11.6 Å². The molecular weight excluding hydrogens is 532 g/mol. The number of ether oxygens (including phenoxy) is 1. The van der Waals surface area contributed by atoms with Crippen molar-refractivity contribution in [2.45, 2.75) is 19.8 Å². The van der Waals surface area contributed by atoms with Gasteiger partial charge in [0.2, 0.25) is 11.8 Å². The highest BCUT2D eigenvalue weighted by Crippen LogP contribution is 2.39.